The summed E-state index contributed by atoms with van der Waals surface area (Å²) in [6, 6.07) is 9.07. The Hall–Kier alpha value is -3.11. The minimum absolute atomic E-state index is 0.0368. The number of benzene rings is 1. The van der Waals surface area contributed by atoms with Gasteiger partial charge in [-0.2, -0.15) is 10.4 Å². The number of halogens is 1. The number of hydrogen-bond acceptors (Lipinski definition) is 4. The molecule has 0 saturated carbocycles. The first-order valence-electron chi connectivity index (χ1n) is 7.99. The van der Waals surface area contributed by atoms with Crippen molar-refractivity contribution in [3.8, 4) is 17.3 Å². The first-order valence-corrected chi connectivity index (χ1v) is 8.37. The van der Waals surface area contributed by atoms with Crippen LogP contribution in [0.1, 0.15) is 29.0 Å². The molecular weight excluding hydrogens is 352 g/mol. The third-order valence-electron chi connectivity index (χ3n) is 3.94. The third kappa shape index (κ3) is 3.76. The Morgan fingerprint density at radius 3 is 2.88 bits per heavy atom. The Morgan fingerprint density at radius 2 is 2.23 bits per heavy atom. The summed E-state index contributed by atoms with van der Waals surface area (Å²) in [5.74, 6) is -0.219. The van der Waals surface area contributed by atoms with Crippen molar-refractivity contribution in [2.45, 2.75) is 13.0 Å². The smallest absolute Gasteiger partial charge is 0.271 e. The van der Waals surface area contributed by atoms with Gasteiger partial charge in [0.15, 0.2) is 0 Å². The van der Waals surface area contributed by atoms with E-state index in [1.165, 1.54) is 0 Å². The SMILES string of the molecule is CC(CNC(=O)c1cn(C)cn1)n1ccc(-c2ccc(C#N)c(Cl)c2)n1. The number of aromatic nitrogens is 4. The number of hydrogen-bond donors (Lipinski definition) is 1. The normalized spacial score (nSPS) is 11.8. The van der Waals surface area contributed by atoms with E-state index < -0.39 is 0 Å². The summed E-state index contributed by atoms with van der Waals surface area (Å²) < 4.78 is 3.50. The maximum atomic E-state index is 12.1. The van der Waals surface area contributed by atoms with Crippen LogP contribution in [0.2, 0.25) is 5.02 Å². The molecule has 0 aliphatic carbocycles. The summed E-state index contributed by atoms with van der Waals surface area (Å²) in [7, 11) is 1.81. The van der Waals surface area contributed by atoms with E-state index in [1.54, 1.807) is 33.9 Å². The van der Waals surface area contributed by atoms with Crippen LogP contribution in [0.25, 0.3) is 11.3 Å². The standard InChI is InChI=1S/C18H17ClN6O/c1-12(9-21-18(26)17-10-24(2)11-22-17)25-6-5-16(23-25)13-3-4-14(8-20)15(19)7-13/h3-7,10-12H,9H2,1-2H3,(H,21,26). The van der Waals surface area contributed by atoms with Gasteiger partial charge in [0.25, 0.3) is 5.91 Å². The zero-order valence-corrected chi connectivity index (χ0v) is 15.1. The van der Waals surface area contributed by atoms with E-state index in [2.05, 4.69) is 15.4 Å². The fourth-order valence-corrected chi connectivity index (χ4v) is 2.68. The summed E-state index contributed by atoms with van der Waals surface area (Å²) in [5.41, 5.74) is 2.39. The molecule has 1 unspecified atom stereocenters. The van der Waals surface area contributed by atoms with Gasteiger partial charge in [-0.1, -0.05) is 17.7 Å². The average molecular weight is 369 g/mol. The molecule has 0 fully saturated rings. The van der Waals surface area contributed by atoms with Gasteiger partial charge in [-0.15, -0.1) is 0 Å². The number of nitriles is 1. The van der Waals surface area contributed by atoms with Crippen molar-refractivity contribution < 1.29 is 4.79 Å². The molecule has 0 radical (unpaired) electrons. The molecule has 1 N–H and O–H groups in total. The highest BCUT2D eigenvalue weighted by Crippen LogP contribution is 2.24. The van der Waals surface area contributed by atoms with Crippen molar-refractivity contribution >= 4 is 17.5 Å². The Bertz CT molecular complexity index is 984. The van der Waals surface area contributed by atoms with Gasteiger partial charge in [0.1, 0.15) is 11.8 Å². The molecule has 0 aliphatic heterocycles. The number of amides is 1. The van der Waals surface area contributed by atoms with Crippen LogP contribution < -0.4 is 5.32 Å². The van der Waals surface area contributed by atoms with Gasteiger partial charge in [-0.25, -0.2) is 4.98 Å². The van der Waals surface area contributed by atoms with E-state index in [0.717, 1.165) is 11.3 Å². The maximum absolute atomic E-state index is 12.1. The number of imidazole rings is 1. The van der Waals surface area contributed by atoms with Crippen LogP contribution in [-0.2, 0) is 7.05 Å². The van der Waals surface area contributed by atoms with E-state index in [-0.39, 0.29) is 11.9 Å². The second-order valence-corrected chi connectivity index (χ2v) is 6.38. The minimum Gasteiger partial charge on any atom is -0.349 e. The van der Waals surface area contributed by atoms with Crippen molar-refractivity contribution in [2.24, 2.45) is 7.05 Å². The van der Waals surface area contributed by atoms with E-state index in [9.17, 15) is 4.79 Å². The molecule has 1 atom stereocenters. The lowest BCUT2D eigenvalue weighted by molar-refractivity contribution is 0.0943. The first-order chi connectivity index (χ1) is 12.5. The molecule has 1 amide bonds. The first kappa shape index (κ1) is 17.7. The van der Waals surface area contributed by atoms with Crippen molar-refractivity contribution in [1.82, 2.24) is 24.6 Å². The predicted octanol–water partition coefficient (Wildman–Crippen LogP) is 2.80. The number of aryl methyl sites for hydroxylation is 1. The van der Waals surface area contributed by atoms with Crippen LogP contribution in [0.5, 0.6) is 0 Å². The van der Waals surface area contributed by atoms with Crippen LogP contribution in [0.3, 0.4) is 0 Å². The van der Waals surface area contributed by atoms with Gasteiger partial charge < -0.3 is 9.88 Å². The Kier molecular flexibility index (Phi) is 5.05. The molecule has 3 aromatic rings. The molecule has 26 heavy (non-hydrogen) atoms. The molecule has 8 heteroatoms. The summed E-state index contributed by atoms with van der Waals surface area (Å²) >= 11 is 6.08. The monoisotopic (exact) mass is 368 g/mol. The zero-order chi connectivity index (χ0) is 18.7. The van der Waals surface area contributed by atoms with Crippen LogP contribution in [0, 0.1) is 11.3 Å². The van der Waals surface area contributed by atoms with Crippen molar-refractivity contribution in [1.29, 1.82) is 5.26 Å². The summed E-state index contributed by atoms with van der Waals surface area (Å²) in [6.45, 7) is 2.38. The quantitative estimate of drug-likeness (QED) is 0.750. The van der Waals surface area contributed by atoms with E-state index in [0.29, 0.717) is 22.8 Å². The van der Waals surface area contributed by atoms with Gasteiger partial charge >= 0.3 is 0 Å². The van der Waals surface area contributed by atoms with Crippen molar-refractivity contribution in [3.63, 3.8) is 0 Å². The topological polar surface area (TPSA) is 88.5 Å². The lowest BCUT2D eigenvalue weighted by atomic mass is 10.1. The largest absolute Gasteiger partial charge is 0.349 e. The van der Waals surface area contributed by atoms with Crippen LogP contribution in [0.4, 0.5) is 0 Å². The summed E-state index contributed by atoms with van der Waals surface area (Å²) in [4.78, 5) is 16.1. The van der Waals surface area contributed by atoms with Crippen LogP contribution in [0.15, 0.2) is 43.0 Å². The fraction of sp³-hybridized carbons (Fsp3) is 0.222. The van der Waals surface area contributed by atoms with Crippen LogP contribution >= 0.6 is 11.6 Å². The van der Waals surface area contributed by atoms with E-state index in [1.807, 2.05) is 38.4 Å². The molecule has 1 aromatic carbocycles. The highest BCUT2D eigenvalue weighted by molar-refractivity contribution is 6.32. The molecule has 0 bridgehead atoms. The highest BCUT2D eigenvalue weighted by Gasteiger charge is 2.13. The third-order valence-corrected chi connectivity index (χ3v) is 4.25. The van der Waals surface area contributed by atoms with Gasteiger partial charge in [0.2, 0.25) is 0 Å². The maximum Gasteiger partial charge on any atom is 0.271 e. The lowest BCUT2D eigenvalue weighted by Gasteiger charge is -2.12. The molecule has 7 nitrogen and oxygen atoms in total. The lowest BCUT2D eigenvalue weighted by Crippen LogP contribution is -2.30. The summed E-state index contributed by atoms with van der Waals surface area (Å²) in [5, 5.41) is 16.7. The predicted molar refractivity (Wildman–Crippen MR) is 97.6 cm³/mol. The number of carbonyl (C=O) groups excluding carboxylic acids is 1. The van der Waals surface area contributed by atoms with Gasteiger partial charge in [-0.05, 0) is 25.1 Å². The number of carbonyl (C=O) groups is 1. The molecular formula is C18H17ClN6O. The Balaban J connectivity index is 1.66. The highest BCUT2D eigenvalue weighted by atomic mass is 35.5. The molecule has 0 aliphatic rings. The average Bonchev–Trinajstić information content (AvgIpc) is 3.28. The Morgan fingerprint density at radius 1 is 1.42 bits per heavy atom. The number of nitrogens with zero attached hydrogens (tertiary/aromatic N) is 5. The molecule has 0 spiro atoms. The molecule has 2 aromatic heterocycles. The number of rotatable bonds is 5. The number of nitrogens with one attached hydrogen (secondary N) is 1. The van der Waals surface area contributed by atoms with E-state index in [4.69, 9.17) is 16.9 Å². The van der Waals surface area contributed by atoms with Crippen LogP contribution in [-0.4, -0.2) is 31.8 Å². The van der Waals surface area contributed by atoms with Gasteiger partial charge in [0, 0.05) is 31.5 Å². The second kappa shape index (κ2) is 7.42. The van der Waals surface area contributed by atoms with E-state index >= 15 is 0 Å². The van der Waals surface area contributed by atoms with Crippen molar-refractivity contribution in [2.75, 3.05) is 6.54 Å². The molecule has 0 saturated heterocycles. The summed E-state index contributed by atoms with van der Waals surface area (Å²) in [6.07, 6.45) is 5.10. The van der Waals surface area contributed by atoms with Gasteiger partial charge in [0.05, 0.1) is 28.6 Å². The Labute approximate surface area is 155 Å². The van der Waals surface area contributed by atoms with Crippen molar-refractivity contribution in [3.05, 3.63) is 59.3 Å². The molecule has 2 heterocycles. The zero-order valence-electron chi connectivity index (χ0n) is 14.3. The minimum atomic E-state index is -0.219. The molecule has 132 valence electrons. The second-order valence-electron chi connectivity index (χ2n) is 5.97. The fourth-order valence-electron chi connectivity index (χ4n) is 2.46. The molecule has 3 rings (SSSR count). The van der Waals surface area contributed by atoms with Gasteiger partial charge in [-0.3, -0.25) is 9.48 Å².